The molecule has 1 aromatic carbocycles. The minimum Gasteiger partial charge on any atom is -0.329 e. The first-order valence-corrected chi connectivity index (χ1v) is 7.24. The Morgan fingerprint density at radius 1 is 1.45 bits per heavy atom. The van der Waals surface area contributed by atoms with Gasteiger partial charge < -0.3 is 5.73 Å². The van der Waals surface area contributed by atoms with Gasteiger partial charge in [-0.3, -0.25) is 15.0 Å². The minimum atomic E-state index is -0.361. The van der Waals surface area contributed by atoms with Gasteiger partial charge in [-0.2, -0.15) is 0 Å². The quantitative estimate of drug-likeness (QED) is 0.678. The van der Waals surface area contributed by atoms with Crippen LogP contribution >= 0.6 is 0 Å². The lowest BCUT2D eigenvalue weighted by molar-refractivity contribution is -0.384. The molecule has 0 radical (unpaired) electrons. The van der Waals surface area contributed by atoms with Crippen molar-refractivity contribution in [2.24, 2.45) is 11.7 Å². The van der Waals surface area contributed by atoms with E-state index in [-0.39, 0.29) is 16.7 Å². The van der Waals surface area contributed by atoms with Crippen LogP contribution in [0.25, 0.3) is 0 Å². The fraction of sp³-hybridized carbons (Fsp3) is 0.600. The summed E-state index contributed by atoms with van der Waals surface area (Å²) in [5.41, 5.74) is 7.19. The van der Waals surface area contributed by atoms with Crippen molar-refractivity contribution in [1.29, 1.82) is 0 Å². The van der Waals surface area contributed by atoms with Crippen LogP contribution in [0.3, 0.4) is 0 Å². The Hall–Kier alpha value is -1.46. The van der Waals surface area contributed by atoms with Gasteiger partial charge in [0.05, 0.1) is 4.92 Å². The maximum Gasteiger partial charge on any atom is 0.269 e. The highest BCUT2D eigenvalue weighted by Crippen LogP contribution is 2.31. The number of hydrogen-bond donors (Lipinski definition) is 1. The molecule has 2 N–H and O–H groups in total. The van der Waals surface area contributed by atoms with Crippen LogP contribution in [0.4, 0.5) is 5.69 Å². The van der Waals surface area contributed by atoms with Crippen molar-refractivity contribution in [2.45, 2.75) is 38.8 Å². The number of nitro groups is 1. The third-order valence-corrected chi connectivity index (χ3v) is 4.48. The topological polar surface area (TPSA) is 72.4 Å². The van der Waals surface area contributed by atoms with Crippen LogP contribution in [0.15, 0.2) is 24.3 Å². The predicted octanol–water partition coefficient (Wildman–Crippen LogP) is 2.71. The Bertz CT molecular complexity index is 461. The second kappa shape index (κ2) is 6.33. The zero-order chi connectivity index (χ0) is 14.7. The number of hydrogen-bond acceptors (Lipinski definition) is 4. The van der Waals surface area contributed by atoms with Crippen molar-refractivity contribution in [3.8, 4) is 0 Å². The van der Waals surface area contributed by atoms with E-state index in [9.17, 15) is 10.1 Å². The molecular weight excluding hydrogens is 254 g/mol. The molecule has 5 nitrogen and oxygen atoms in total. The molecule has 0 aliphatic carbocycles. The molecule has 3 atom stereocenters. The van der Waals surface area contributed by atoms with E-state index in [1.165, 1.54) is 12.8 Å². The van der Waals surface area contributed by atoms with E-state index in [0.717, 1.165) is 12.1 Å². The molecule has 110 valence electrons. The fourth-order valence-electron chi connectivity index (χ4n) is 3.20. The van der Waals surface area contributed by atoms with Crippen molar-refractivity contribution in [3.05, 3.63) is 39.9 Å². The normalized spacial score (nSPS) is 25.4. The Kier molecular flexibility index (Phi) is 4.73. The van der Waals surface area contributed by atoms with Gasteiger partial charge in [0.15, 0.2) is 0 Å². The lowest BCUT2D eigenvalue weighted by Crippen LogP contribution is -2.49. The number of nitrogens with zero attached hydrogens (tertiary/aromatic N) is 2. The Morgan fingerprint density at radius 3 is 2.65 bits per heavy atom. The van der Waals surface area contributed by atoms with E-state index in [1.807, 2.05) is 12.1 Å². The van der Waals surface area contributed by atoms with Crippen LogP contribution in [-0.4, -0.2) is 29.0 Å². The summed E-state index contributed by atoms with van der Waals surface area (Å²) < 4.78 is 0. The molecular formula is C15H23N3O2. The average molecular weight is 277 g/mol. The summed E-state index contributed by atoms with van der Waals surface area (Å²) in [6.45, 7) is 6.12. The molecule has 3 unspecified atom stereocenters. The van der Waals surface area contributed by atoms with E-state index in [1.54, 1.807) is 12.1 Å². The standard InChI is InChI=1S/C15H23N3O2/c1-11-4-3-9-17(15(11)10-16)12(2)13-5-7-14(8-6-13)18(19)20/h5-8,11-12,15H,3-4,9-10,16H2,1-2H3. The van der Waals surface area contributed by atoms with Crippen molar-refractivity contribution >= 4 is 5.69 Å². The maximum absolute atomic E-state index is 10.7. The highest BCUT2D eigenvalue weighted by molar-refractivity contribution is 5.34. The summed E-state index contributed by atoms with van der Waals surface area (Å²) in [5, 5.41) is 10.7. The number of nitro benzene ring substituents is 1. The number of nitrogens with two attached hydrogens (primary N) is 1. The molecule has 0 saturated carbocycles. The van der Waals surface area contributed by atoms with Gasteiger partial charge in [-0.05, 0) is 37.8 Å². The van der Waals surface area contributed by atoms with Crippen molar-refractivity contribution in [1.82, 2.24) is 4.90 Å². The van der Waals surface area contributed by atoms with E-state index in [4.69, 9.17) is 5.73 Å². The largest absolute Gasteiger partial charge is 0.329 e. The minimum absolute atomic E-state index is 0.142. The molecule has 1 fully saturated rings. The van der Waals surface area contributed by atoms with Crippen LogP contribution in [0, 0.1) is 16.0 Å². The lowest BCUT2D eigenvalue weighted by atomic mass is 9.88. The molecule has 1 aromatic rings. The van der Waals surface area contributed by atoms with E-state index in [0.29, 0.717) is 18.5 Å². The number of likely N-dealkylation sites (tertiary alicyclic amines) is 1. The van der Waals surface area contributed by atoms with Gasteiger partial charge in [0.1, 0.15) is 0 Å². The number of piperidine rings is 1. The third kappa shape index (κ3) is 2.99. The predicted molar refractivity (Wildman–Crippen MR) is 79.5 cm³/mol. The lowest BCUT2D eigenvalue weighted by Gasteiger charge is -2.43. The molecule has 0 amide bonds. The molecule has 1 heterocycles. The van der Waals surface area contributed by atoms with Gasteiger partial charge >= 0.3 is 0 Å². The summed E-state index contributed by atoms with van der Waals surface area (Å²) in [6, 6.07) is 7.51. The first-order chi connectivity index (χ1) is 9.54. The highest BCUT2D eigenvalue weighted by Gasteiger charge is 2.31. The summed E-state index contributed by atoms with van der Waals surface area (Å²) in [7, 11) is 0. The van der Waals surface area contributed by atoms with Gasteiger partial charge in [-0.15, -0.1) is 0 Å². The van der Waals surface area contributed by atoms with Crippen molar-refractivity contribution < 1.29 is 4.92 Å². The smallest absolute Gasteiger partial charge is 0.269 e. The van der Waals surface area contributed by atoms with Crippen LogP contribution in [-0.2, 0) is 0 Å². The zero-order valence-electron chi connectivity index (χ0n) is 12.2. The van der Waals surface area contributed by atoms with Crippen LogP contribution in [0.1, 0.15) is 38.3 Å². The Balaban J connectivity index is 2.16. The summed E-state index contributed by atoms with van der Waals surface area (Å²) in [5.74, 6) is 0.606. The van der Waals surface area contributed by atoms with Gasteiger partial charge in [0, 0.05) is 30.8 Å². The highest BCUT2D eigenvalue weighted by atomic mass is 16.6. The second-order valence-electron chi connectivity index (χ2n) is 5.69. The first kappa shape index (κ1) is 14.9. The zero-order valence-corrected chi connectivity index (χ0v) is 12.2. The van der Waals surface area contributed by atoms with Crippen molar-refractivity contribution in [3.63, 3.8) is 0 Å². The van der Waals surface area contributed by atoms with E-state index >= 15 is 0 Å². The Labute approximate surface area is 119 Å². The van der Waals surface area contributed by atoms with Crippen LogP contribution < -0.4 is 5.73 Å². The van der Waals surface area contributed by atoms with Gasteiger partial charge in [0.25, 0.3) is 5.69 Å². The molecule has 5 heteroatoms. The Morgan fingerprint density at radius 2 is 2.10 bits per heavy atom. The SMILES string of the molecule is CC1CCCN(C(C)c2ccc([N+](=O)[O-])cc2)C1CN. The number of non-ortho nitro benzene ring substituents is 1. The van der Waals surface area contributed by atoms with E-state index < -0.39 is 0 Å². The molecule has 2 rings (SSSR count). The third-order valence-electron chi connectivity index (χ3n) is 4.48. The molecule has 0 aromatic heterocycles. The molecule has 1 aliphatic heterocycles. The summed E-state index contributed by atoms with van der Waals surface area (Å²) in [4.78, 5) is 12.8. The molecule has 0 spiro atoms. The van der Waals surface area contributed by atoms with Crippen molar-refractivity contribution in [2.75, 3.05) is 13.1 Å². The maximum atomic E-state index is 10.7. The summed E-state index contributed by atoms with van der Waals surface area (Å²) >= 11 is 0. The van der Waals surface area contributed by atoms with Gasteiger partial charge in [-0.25, -0.2) is 0 Å². The molecule has 20 heavy (non-hydrogen) atoms. The van der Waals surface area contributed by atoms with Crippen LogP contribution in [0.5, 0.6) is 0 Å². The molecule has 0 bridgehead atoms. The first-order valence-electron chi connectivity index (χ1n) is 7.24. The van der Waals surface area contributed by atoms with Crippen LogP contribution in [0.2, 0.25) is 0 Å². The second-order valence-corrected chi connectivity index (χ2v) is 5.69. The number of benzene rings is 1. The van der Waals surface area contributed by atoms with Gasteiger partial charge in [-0.1, -0.05) is 19.1 Å². The molecule has 1 aliphatic rings. The summed E-state index contributed by atoms with van der Waals surface area (Å²) in [6.07, 6.45) is 2.42. The van der Waals surface area contributed by atoms with Gasteiger partial charge in [0.2, 0.25) is 0 Å². The molecule has 1 saturated heterocycles. The monoisotopic (exact) mass is 277 g/mol. The average Bonchev–Trinajstić information content (AvgIpc) is 2.46. The number of rotatable bonds is 4. The van der Waals surface area contributed by atoms with E-state index in [2.05, 4.69) is 18.7 Å². The fourth-order valence-corrected chi connectivity index (χ4v) is 3.20.